The van der Waals surface area contributed by atoms with Crippen molar-refractivity contribution in [2.75, 3.05) is 27.3 Å². The molecule has 0 radical (unpaired) electrons. The van der Waals surface area contributed by atoms with Crippen LogP contribution in [0.15, 0.2) is 77.9 Å². The number of amides is 1. The number of hydrogen-bond donors (Lipinski definition) is 3. The molecule has 1 amide bonds. The summed E-state index contributed by atoms with van der Waals surface area (Å²) < 4.78 is 12.4. The third-order valence-electron chi connectivity index (χ3n) is 8.73. The molecule has 2 atom stereocenters. The van der Waals surface area contributed by atoms with E-state index in [1.54, 1.807) is 26.6 Å². The number of pyridine rings is 2. The van der Waals surface area contributed by atoms with E-state index >= 15 is 0 Å². The van der Waals surface area contributed by atoms with Crippen molar-refractivity contribution in [2.45, 2.75) is 45.0 Å². The standard InChI is InChI=1S/C37H38Cl2N6O4/c1-22(48-2)17-40-19-25-20-42-32-16-23(14-15-45(32)37(25)47)27-6-4-7-28(34(27)38)29-8-5-9-30(35(29)39)31-12-10-24(36(44-31)49-3)18-41-21-26-11-13-33(46)43-26/h4-10,12,14-16,20,22,26,40-41H,11,13,17-19,21H2,1-3H3,(H,43,46)/t22-,26-/m1/s1. The molecule has 254 valence electrons. The maximum absolute atomic E-state index is 13.2. The first-order chi connectivity index (χ1) is 23.8. The lowest BCUT2D eigenvalue weighted by molar-refractivity contribution is -0.119. The van der Waals surface area contributed by atoms with Crippen LogP contribution >= 0.6 is 23.2 Å². The van der Waals surface area contributed by atoms with E-state index < -0.39 is 0 Å². The van der Waals surface area contributed by atoms with Gasteiger partial charge in [-0.2, -0.15) is 0 Å². The van der Waals surface area contributed by atoms with Crippen LogP contribution in [0, 0.1) is 0 Å². The van der Waals surface area contributed by atoms with Crippen LogP contribution in [-0.4, -0.2) is 59.7 Å². The van der Waals surface area contributed by atoms with Gasteiger partial charge in [-0.3, -0.25) is 14.0 Å². The fourth-order valence-electron chi connectivity index (χ4n) is 5.94. The third kappa shape index (κ3) is 7.64. The summed E-state index contributed by atoms with van der Waals surface area (Å²) in [6, 6.07) is 19.3. The van der Waals surface area contributed by atoms with Gasteiger partial charge >= 0.3 is 0 Å². The highest BCUT2D eigenvalue weighted by Crippen LogP contribution is 2.42. The average Bonchev–Trinajstić information content (AvgIpc) is 3.54. The smallest absolute Gasteiger partial charge is 0.262 e. The molecule has 0 unspecified atom stereocenters. The van der Waals surface area contributed by atoms with Crippen LogP contribution in [0.2, 0.25) is 10.0 Å². The summed E-state index contributed by atoms with van der Waals surface area (Å²) in [6.07, 6.45) is 4.77. The number of rotatable bonds is 13. The zero-order chi connectivity index (χ0) is 34.5. The molecular formula is C37H38Cl2N6O4. The normalized spacial score (nSPS) is 15.0. The van der Waals surface area contributed by atoms with E-state index in [2.05, 4.69) is 20.9 Å². The number of carbonyl (C=O) groups excluding carboxylic acids is 1. The number of hydrogen-bond acceptors (Lipinski definition) is 8. The number of nitrogens with zero attached hydrogens (tertiary/aromatic N) is 3. The van der Waals surface area contributed by atoms with Crippen molar-refractivity contribution in [1.29, 1.82) is 0 Å². The Hall–Kier alpha value is -4.32. The highest BCUT2D eigenvalue weighted by atomic mass is 35.5. The fraction of sp³-hybridized carbons (Fsp3) is 0.297. The molecule has 49 heavy (non-hydrogen) atoms. The van der Waals surface area contributed by atoms with E-state index in [1.807, 2.05) is 67.6 Å². The number of carbonyl (C=O) groups is 1. The van der Waals surface area contributed by atoms with Crippen LogP contribution in [0.5, 0.6) is 5.88 Å². The van der Waals surface area contributed by atoms with Gasteiger partial charge in [-0.05, 0) is 37.1 Å². The quantitative estimate of drug-likeness (QED) is 0.139. The summed E-state index contributed by atoms with van der Waals surface area (Å²) >= 11 is 14.2. The lowest BCUT2D eigenvalue weighted by Crippen LogP contribution is -2.35. The minimum Gasteiger partial charge on any atom is -0.481 e. The monoisotopic (exact) mass is 700 g/mol. The van der Waals surface area contributed by atoms with Crippen LogP contribution in [0.3, 0.4) is 0 Å². The molecule has 1 fully saturated rings. The maximum Gasteiger partial charge on any atom is 0.262 e. The molecule has 4 heterocycles. The van der Waals surface area contributed by atoms with Gasteiger partial charge in [-0.25, -0.2) is 9.97 Å². The van der Waals surface area contributed by atoms with E-state index in [1.165, 1.54) is 4.40 Å². The molecule has 3 N–H and O–H groups in total. The van der Waals surface area contributed by atoms with Crippen molar-refractivity contribution in [3.8, 4) is 39.4 Å². The molecule has 0 spiro atoms. The molecule has 2 aromatic carbocycles. The zero-order valence-electron chi connectivity index (χ0n) is 27.6. The Morgan fingerprint density at radius 3 is 2.37 bits per heavy atom. The molecule has 6 rings (SSSR count). The molecule has 0 aliphatic carbocycles. The summed E-state index contributed by atoms with van der Waals surface area (Å²) in [4.78, 5) is 34.0. The topological polar surface area (TPSA) is 119 Å². The van der Waals surface area contributed by atoms with Gasteiger partial charge in [0.15, 0.2) is 0 Å². The Labute approximate surface area is 294 Å². The predicted molar refractivity (Wildman–Crippen MR) is 193 cm³/mol. The zero-order valence-corrected chi connectivity index (χ0v) is 29.1. The maximum atomic E-state index is 13.2. The first-order valence-electron chi connectivity index (χ1n) is 16.1. The summed E-state index contributed by atoms with van der Waals surface area (Å²) in [7, 11) is 3.25. The first-order valence-corrected chi connectivity index (χ1v) is 16.9. The highest BCUT2D eigenvalue weighted by molar-refractivity contribution is 6.39. The van der Waals surface area contributed by atoms with Crippen molar-refractivity contribution in [3.63, 3.8) is 0 Å². The van der Waals surface area contributed by atoms with Crippen LogP contribution in [0.4, 0.5) is 0 Å². The van der Waals surface area contributed by atoms with Gasteiger partial charge in [0.2, 0.25) is 11.8 Å². The number of ether oxygens (including phenoxy) is 2. The van der Waals surface area contributed by atoms with Gasteiger partial charge in [0, 0.05) is 91.5 Å². The second kappa shape index (κ2) is 15.5. The van der Waals surface area contributed by atoms with Crippen LogP contribution in [-0.2, 0) is 22.6 Å². The molecule has 1 aliphatic rings. The number of methoxy groups -OCH3 is 2. The van der Waals surface area contributed by atoms with Crippen LogP contribution in [0.1, 0.15) is 30.9 Å². The second-order valence-corrected chi connectivity index (χ2v) is 12.8. The van der Waals surface area contributed by atoms with E-state index in [9.17, 15) is 9.59 Å². The SMILES string of the molecule is COc1nc(-c2cccc(-c3cccc(-c4ccn5c(=O)c(CNC[C@@H](C)OC)cnc5c4)c3Cl)c2Cl)ccc1CNC[C@H]1CCC(=O)N1. The van der Waals surface area contributed by atoms with Gasteiger partial charge in [-0.15, -0.1) is 0 Å². The predicted octanol–water partition coefficient (Wildman–Crippen LogP) is 5.90. The molecule has 3 aromatic heterocycles. The number of fused-ring (bicyclic) bond motifs is 1. The van der Waals surface area contributed by atoms with E-state index in [0.717, 1.165) is 39.8 Å². The van der Waals surface area contributed by atoms with Crippen LogP contribution < -0.4 is 26.2 Å². The number of aromatic nitrogens is 3. The summed E-state index contributed by atoms with van der Waals surface area (Å²) in [5.74, 6) is 0.591. The minimum absolute atomic E-state index is 0.0381. The van der Waals surface area contributed by atoms with Crippen molar-refractivity contribution in [2.24, 2.45) is 0 Å². The van der Waals surface area contributed by atoms with Gasteiger partial charge in [0.05, 0.1) is 29.0 Å². The van der Waals surface area contributed by atoms with Gasteiger partial charge in [0.25, 0.3) is 5.56 Å². The number of benzene rings is 2. The molecule has 12 heteroatoms. The largest absolute Gasteiger partial charge is 0.481 e. The molecule has 1 aliphatic heterocycles. The Kier molecular flexibility index (Phi) is 10.9. The highest BCUT2D eigenvalue weighted by Gasteiger charge is 2.21. The summed E-state index contributed by atoms with van der Waals surface area (Å²) in [5.41, 5.74) is 6.36. The van der Waals surface area contributed by atoms with Gasteiger partial charge < -0.3 is 25.4 Å². The summed E-state index contributed by atoms with van der Waals surface area (Å²) in [5, 5.41) is 10.6. The lowest BCUT2D eigenvalue weighted by Gasteiger charge is -2.16. The average molecular weight is 702 g/mol. The Balaban J connectivity index is 1.24. The Bertz CT molecular complexity index is 2050. The van der Waals surface area contributed by atoms with Crippen molar-refractivity contribution in [3.05, 3.63) is 105 Å². The van der Waals surface area contributed by atoms with Crippen molar-refractivity contribution < 1.29 is 14.3 Å². The fourth-order valence-corrected chi connectivity index (χ4v) is 6.60. The van der Waals surface area contributed by atoms with Crippen molar-refractivity contribution in [1.82, 2.24) is 30.3 Å². The van der Waals surface area contributed by atoms with Crippen LogP contribution in [0.25, 0.3) is 39.2 Å². The van der Waals surface area contributed by atoms with E-state index in [4.69, 9.17) is 37.7 Å². The first kappa shape index (κ1) is 34.5. The summed E-state index contributed by atoms with van der Waals surface area (Å²) in [6.45, 7) is 4.19. The molecule has 5 aromatic rings. The molecule has 0 saturated carbocycles. The lowest BCUT2D eigenvalue weighted by atomic mass is 9.97. The van der Waals surface area contributed by atoms with E-state index in [0.29, 0.717) is 65.4 Å². The van der Waals surface area contributed by atoms with E-state index in [-0.39, 0.29) is 23.6 Å². The molecular weight excluding hydrogens is 663 g/mol. The second-order valence-electron chi connectivity index (χ2n) is 12.0. The number of nitrogens with one attached hydrogen (secondary N) is 3. The number of halogens is 2. The Morgan fingerprint density at radius 1 is 0.939 bits per heavy atom. The minimum atomic E-state index is -0.133. The molecule has 10 nitrogen and oxygen atoms in total. The Morgan fingerprint density at radius 2 is 1.65 bits per heavy atom. The third-order valence-corrected chi connectivity index (χ3v) is 9.54. The van der Waals surface area contributed by atoms with Gasteiger partial charge in [-0.1, -0.05) is 65.7 Å². The van der Waals surface area contributed by atoms with Gasteiger partial charge in [0.1, 0.15) is 5.65 Å². The van der Waals surface area contributed by atoms with Crippen molar-refractivity contribution >= 4 is 34.8 Å². The molecule has 0 bridgehead atoms. The molecule has 1 saturated heterocycles.